The van der Waals surface area contributed by atoms with Crippen LogP contribution in [0, 0.1) is 10.1 Å². The molecule has 1 aliphatic heterocycles. The Morgan fingerprint density at radius 3 is 2.77 bits per heavy atom. The third-order valence-electron chi connectivity index (χ3n) is 3.57. The first-order valence-electron chi connectivity index (χ1n) is 7.71. The molecule has 3 rings (SSSR count). The summed E-state index contributed by atoms with van der Waals surface area (Å²) in [6.45, 7) is 0.961. The third kappa shape index (κ3) is 4.07. The summed E-state index contributed by atoms with van der Waals surface area (Å²) in [6, 6.07) is 9.04. The molecular formula is C17H15N3O6. The lowest BCUT2D eigenvalue weighted by atomic mass is 10.1. The van der Waals surface area contributed by atoms with E-state index >= 15 is 0 Å². The number of fused-ring (bicyclic) bond motifs is 1. The summed E-state index contributed by atoms with van der Waals surface area (Å²) in [5, 5.41) is 23.9. The molecule has 2 N–H and O–H groups in total. The van der Waals surface area contributed by atoms with Crippen LogP contribution in [0.4, 0.5) is 5.69 Å². The highest BCUT2D eigenvalue weighted by atomic mass is 16.6. The van der Waals surface area contributed by atoms with E-state index in [1.165, 1.54) is 18.3 Å². The molecule has 0 radical (unpaired) electrons. The summed E-state index contributed by atoms with van der Waals surface area (Å²) < 4.78 is 10.9. The lowest BCUT2D eigenvalue weighted by Crippen LogP contribution is -2.20. The summed E-state index contributed by atoms with van der Waals surface area (Å²) in [7, 11) is 0. The van der Waals surface area contributed by atoms with Gasteiger partial charge in [-0.3, -0.25) is 14.9 Å². The zero-order chi connectivity index (χ0) is 18.5. The van der Waals surface area contributed by atoms with E-state index in [0.29, 0.717) is 30.3 Å². The number of hydrogen-bond acceptors (Lipinski definition) is 7. The van der Waals surface area contributed by atoms with Crippen molar-refractivity contribution in [1.82, 2.24) is 5.43 Å². The molecular weight excluding hydrogens is 342 g/mol. The topological polar surface area (TPSA) is 123 Å². The molecule has 26 heavy (non-hydrogen) atoms. The second kappa shape index (κ2) is 7.51. The van der Waals surface area contributed by atoms with Crippen LogP contribution < -0.4 is 14.9 Å². The van der Waals surface area contributed by atoms with Crippen LogP contribution in [0.25, 0.3) is 0 Å². The van der Waals surface area contributed by atoms with Crippen molar-refractivity contribution in [2.75, 3.05) is 13.2 Å². The minimum absolute atomic E-state index is 0.0870. The van der Waals surface area contributed by atoms with Crippen LogP contribution in [0.3, 0.4) is 0 Å². The van der Waals surface area contributed by atoms with Crippen molar-refractivity contribution in [2.24, 2.45) is 5.10 Å². The molecule has 2 aromatic rings. The van der Waals surface area contributed by atoms with Gasteiger partial charge in [0.1, 0.15) is 13.2 Å². The molecule has 0 atom stereocenters. The Labute approximate surface area is 148 Å². The maximum atomic E-state index is 12.0. The molecule has 9 nitrogen and oxygen atoms in total. The molecule has 0 fully saturated rings. The molecule has 1 aliphatic rings. The minimum Gasteiger partial charge on any atom is -0.502 e. The van der Waals surface area contributed by atoms with E-state index in [1.807, 2.05) is 0 Å². The van der Waals surface area contributed by atoms with Crippen LogP contribution in [0.1, 0.15) is 11.1 Å². The Balaban J connectivity index is 1.59. The first-order valence-corrected chi connectivity index (χ1v) is 7.71. The summed E-state index contributed by atoms with van der Waals surface area (Å²) in [6.07, 6.45) is 1.35. The number of carbonyl (C=O) groups is 1. The average Bonchev–Trinajstić information content (AvgIpc) is 2.62. The van der Waals surface area contributed by atoms with Gasteiger partial charge in [-0.15, -0.1) is 0 Å². The standard InChI is InChI=1S/C17H15N3O6/c21-14-3-1-12(7-13(14)20(23)24)10-18-19-17(22)9-11-2-4-15-16(8-11)26-6-5-25-15/h1-4,7-8,10,21H,5-6,9H2,(H,19,22)/b18-10+. The van der Waals surface area contributed by atoms with Gasteiger partial charge in [0, 0.05) is 11.6 Å². The minimum atomic E-state index is -0.701. The van der Waals surface area contributed by atoms with Crippen LogP contribution in [0.15, 0.2) is 41.5 Å². The second-order valence-electron chi connectivity index (χ2n) is 5.45. The lowest BCUT2D eigenvalue weighted by molar-refractivity contribution is -0.385. The van der Waals surface area contributed by atoms with Crippen molar-refractivity contribution in [3.05, 3.63) is 57.6 Å². The normalized spacial score (nSPS) is 12.8. The molecule has 1 amide bonds. The third-order valence-corrected chi connectivity index (χ3v) is 3.57. The highest BCUT2D eigenvalue weighted by Crippen LogP contribution is 2.30. The number of carbonyl (C=O) groups excluding carboxylic acids is 1. The van der Waals surface area contributed by atoms with Gasteiger partial charge in [0.25, 0.3) is 0 Å². The monoisotopic (exact) mass is 357 g/mol. The summed E-state index contributed by atoms with van der Waals surface area (Å²) in [5.41, 5.74) is 3.02. The highest BCUT2D eigenvalue weighted by molar-refractivity contribution is 5.84. The quantitative estimate of drug-likeness (QED) is 0.477. The van der Waals surface area contributed by atoms with E-state index in [-0.39, 0.29) is 12.3 Å². The zero-order valence-corrected chi connectivity index (χ0v) is 13.5. The number of hydrazone groups is 1. The van der Waals surface area contributed by atoms with Crippen molar-refractivity contribution in [3.8, 4) is 17.2 Å². The summed E-state index contributed by atoms with van der Waals surface area (Å²) >= 11 is 0. The van der Waals surface area contributed by atoms with E-state index in [1.54, 1.807) is 18.2 Å². The molecule has 0 aliphatic carbocycles. The molecule has 9 heteroatoms. The number of ether oxygens (including phenoxy) is 2. The predicted molar refractivity (Wildman–Crippen MR) is 91.6 cm³/mol. The van der Waals surface area contributed by atoms with Gasteiger partial charge >= 0.3 is 5.69 Å². The number of phenols is 1. The van der Waals surface area contributed by atoms with Gasteiger partial charge in [0.05, 0.1) is 17.6 Å². The van der Waals surface area contributed by atoms with Gasteiger partial charge in [-0.05, 0) is 29.8 Å². The number of rotatable bonds is 5. The van der Waals surface area contributed by atoms with E-state index in [2.05, 4.69) is 10.5 Å². The molecule has 0 aromatic heterocycles. The smallest absolute Gasteiger partial charge is 0.311 e. The molecule has 0 saturated carbocycles. The van der Waals surface area contributed by atoms with Crippen LogP contribution in [0.5, 0.6) is 17.2 Å². The van der Waals surface area contributed by atoms with Crippen molar-refractivity contribution in [1.29, 1.82) is 0 Å². The van der Waals surface area contributed by atoms with Crippen LogP contribution in [0.2, 0.25) is 0 Å². The van der Waals surface area contributed by atoms with Crippen molar-refractivity contribution < 1.29 is 24.3 Å². The van der Waals surface area contributed by atoms with Crippen LogP contribution in [-0.2, 0) is 11.2 Å². The molecule has 2 aromatic carbocycles. The van der Waals surface area contributed by atoms with Crippen molar-refractivity contribution in [3.63, 3.8) is 0 Å². The van der Waals surface area contributed by atoms with Crippen molar-refractivity contribution >= 4 is 17.8 Å². The Morgan fingerprint density at radius 2 is 2.00 bits per heavy atom. The van der Waals surface area contributed by atoms with E-state index in [4.69, 9.17) is 9.47 Å². The van der Waals surface area contributed by atoms with Gasteiger partial charge in [-0.1, -0.05) is 6.07 Å². The number of hydrogen-bond donors (Lipinski definition) is 2. The number of nitrogens with zero attached hydrogens (tertiary/aromatic N) is 2. The Kier molecular flexibility index (Phi) is 4.97. The molecule has 134 valence electrons. The zero-order valence-electron chi connectivity index (χ0n) is 13.5. The average molecular weight is 357 g/mol. The largest absolute Gasteiger partial charge is 0.502 e. The molecule has 0 bridgehead atoms. The molecule has 0 spiro atoms. The lowest BCUT2D eigenvalue weighted by Gasteiger charge is -2.18. The van der Waals surface area contributed by atoms with Gasteiger partial charge in [-0.25, -0.2) is 5.43 Å². The number of amides is 1. The Morgan fingerprint density at radius 1 is 1.23 bits per heavy atom. The SMILES string of the molecule is O=C(Cc1ccc2c(c1)OCCO2)N/N=C/c1ccc(O)c([N+](=O)[O-])c1. The number of phenolic OH excluding ortho intramolecular Hbond substituents is 1. The van der Waals surface area contributed by atoms with Crippen molar-refractivity contribution in [2.45, 2.75) is 6.42 Å². The van der Waals surface area contributed by atoms with E-state index in [0.717, 1.165) is 11.6 Å². The summed E-state index contributed by atoms with van der Waals surface area (Å²) in [5.74, 6) is 0.454. The fourth-order valence-electron chi connectivity index (χ4n) is 2.37. The van der Waals surface area contributed by atoms with Gasteiger partial charge in [0.15, 0.2) is 17.2 Å². The van der Waals surface area contributed by atoms with Crippen LogP contribution >= 0.6 is 0 Å². The second-order valence-corrected chi connectivity index (χ2v) is 5.45. The van der Waals surface area contributed by atoms with E-state index in [9.17, 15) is 20.0 Å². The molecule has 0 saturated heterocycles. The fourth-order valence-corrected chi connectivity index (χ4v) is 2.37. The predicted octanol–water partition coefficient (Wildman–Crippen LogP) is 1.76. The number of aromatic hydroxyl groups is 1. The van der Waals surface area contributed by atoms with E-state index < -0.39 is 16.4 Å². The van der Waals surface area contributed by atoms with Crippen LogP contribution in [-0.4, -0.2) is 35.4 Å². The first kappa shape index (κ1) is 17.2. The maximum Gasteiger partial charge on any atom is 0.311 e. The number of benzene rings is 2. The Bertz CT molecular complexity index is 881. The summed E-state index contributed by atoms with van der Waals surface area (Å²) in [4.78, 5) is 22.0. The van der Waals surface area contributed by atoms with Gasteiger partial charge < -0.3 is 14.6 Å². The number of nitro groups is 1. The molecule has 0 unspecified atom stereocenters. The number of nitrogens with one attached hydrogen (secondary N) is 1. The fraction of sp³-hybridized carbons (Fsp3) is 0.176. The van der Waals surface area contributed by atoms with Gasteiger partial charge in [0.2, 0.25) is 5.91 Å². The number of nitro benzene ring substituents is 1. The highest BCUT2D eigenvalue weighted by Gasteiger charge is 2.14. The first-order chi connectivity index (χ1) is 12.5. The van der Waals surface area contributed by atoms with Gasteiger partial charge in [-0.2, -0.15) is 5.10 Å². The maximum absolute atomic E-state index is 12.0. The Hall–Kier alpha value is -3.62. The molecule has 1 heterocycles.